The zero-order chi connectivity index (χ0) is 20.8. The van der Waals surface area contributed by atoms with Gasteiger partial charge in [0.2, 0.25) is 11.5 Å². The van der Waals surface area contributed by atoms with Crippen LogP contribution < -0.4 is 23.7 Å². The normalized spacial score (nSPS) is 10.2. The molecular weight excluding hydrogens is 368 g/mol. The lowest BCUT2D eigenvalue weighted by Crippen LogP contribution is -2.10. The highest BCUT2D eigenvalue weighted by atomic mass is 16.5. The summed E-state index contributed by atoms with van der Waals surface area (Å²) < 4.78 is 25.8. The Labute approximate surface area is 162 Å². The van der Waals surface area contributed by atoms with E-state index in [0.29, 0.717) is 17.2 Å². The highest BCUT2D eigenvalue weighted by Crippen LogP contribution is 2.40. The van der Waals surface area contributed by atoms with E-state index in [1.165, 1.54) is 59.8 Å². The van der Waals surface area contributed by atoms with E-state index in [1.807, 2.05) is 0 Å². The number of benzene rings is 2. The molecule has 0 heterocycles. The minimum atomic E-state index is -0.572. The lowest BCUT2D eigenvalue weighted by Gasteiger charge is -2.14. The molecular formula is C20H22O8. The fourth-order valence-electron chi connectivity index (χ4n) is 2.72. The van der Waals surface area contributed by atoms with E-state index >= 15 is 0 Å². The van der Waals surface area contributed by atoms with Crippen LogP contribution in [-0.4, -0.2) is 52.2 Å². The highest BCUT2D eigenvalue weighted by molar-refractivity contribution is 6.15. The maximum atomic E-state index is 12.6. The SMILES string of the molecule is COc1cc(C(=O)CC(=O)c2ccc(OC)c(OC)c2O)cc(OC)c1OC. The molecule has 0 aliphatic carbocycles. The van der Waals surface area contributed by atoms with E-state index in [9.17, 15) is 14.7 Å². The first kappa shape index (κ1) is 20.9. The fraction of sp³-hybridized carbons (Fsp3) is 0.300. The van der Waals surface area contributed by atoms with Gasteiger partial charge in [-0.1, -0.05) is 0 Å². The second kappa shape index (κ2) is 8.98. The molecule has 0 aromatic heterocycles. The number of carbonyl (C=O) groups is 2. The van der Waals surface area contributed by atoms with Gasteiger partial charge in [0.1, 0.15) is 0 Å². The smallest absolute Gasteiger partial charge is 0.203 e. The third kappa shape index (κ3) is 3.95. The van der Waals surface area contributed by atoms with Gasteiger partial charge in [-0.2, -0.15) is 0 Å². The zero-order valence-electron chi connectivity index (χ0n) is 16.3. The van der Waals surface area contributed by atoms with Crippen LogP contribution >= 0.6 is 0 Å². The number of hydrogen-bond acceptors (Lipinski definition) is 8. The molecule has 150 valence electrons. The molecule has 0 saturated heterocycles. The first-order valence-electron chi connectivity index (χ1n) is 8.22. The number of methoxy groups -OCH3 is 5. The number of carbonyl (C=O) groups excluding carboxylic acids is 2. The molecule has 8 nitrogen and oxygen atoms in total. The van der Waals surface area contributed by atoms with Crippen molar-refractivity contribution in [3.63, 3.8) is 0 Å². The molecule has 1 N–H and O–H groups in total. The molecule has 0 fully saturated rings. The summed E-state index contributed by atoms with van der Waals surface area (Å²) in [5.74, 6) is -0.204. The summed E-state index contributed by atoms with van der Waals surface area (Å²) in [6, 6.07) is 5.79. The number of aromatic hydroxyl groups is 1. The fourth-order valence-corrected chi connectivity index (χ4v) is 2.72. The number of hydrogen-bond donors (Lipinski definition) is 1. The summed E-state index contributed by atoms with van der Waals surface area (Å²) in [6.45, 7) is 0. The molecule has 8 heteroatoms. The molecule has 0 amide bonds. The maximum Gasteiger partial charge on any atom is 0.203 e. The molecule has 0 bridgehead atoms. The topological polar surface area (TPSA) is 101 Å². The minimum Gasteiger partial charge on any atom is -0.504 e. The van der Waals surface area contributed by atoms with Crippen molar-refractivity contribution in [2.45, 2.75) is 6.42 Å². The summed E-state index contributed by atoms with van der Waals surface area (Å²) in [4.78, 5) is 25.2. The van der Waals surface area contributed by atoms with Crippen LogP contribution in [0.2, 0.25) is 0 Å². The van der Waals surface area contributed by atoms with Crippen molar-refractivity contribution in [1.82, 2.24) is 0 Å². The van der Waals surface area contributed by atoms with E-state index in [2.05, 4.69) is 0 Å². The molecule has 2 aromatic rings. The zero-order valence-corrected chi connectivity index (χ0v) is 16.3. The minimum absolute atomic E-state index is 0.0218. The Kier molecular flexibility index (Phi) is 6.70. The van der Waals surface area contributed by atoms with Crippen LogP contribution in [0.15, 0.2) is 24.3 Å². The van der Waals surface area contributed by atoms with Gasteiger partial charge >= 0.3 is 0 Å². The van der Waals surface area contributed by atoms with E-state index < -0.39 is 18.0 Å². The van der Waals surface area contributed by atoms with Crippen LogP contribution in [0, 0.1) is 0 Å². The van der Waals surface area contributed by atoms with E-state index in [0.717, 1.165) is 0 Å². The Morgan fingerprint density at radius 2 is 1.29 bits per heavy atom. The summed E-state index contributed by atoms with van der Waals surface area (Å²) in [5.41, 5.74) is 0.168. The van der Waals surface area contributed by atoms with E-state index in [1.54, 1.807) is 0 Å². The molecule has 0 atom stereocenters. The molecule has 2 aromatic carbocycles. The summed E-state index contributed by atoms with van der Waals surface area (Å²) in [7, 11) is 7.06. The molecule has 28 heavy (non-hydrogen) atoms. The molecule has 0 saturated carbocycles. The van der Waals surface area contributed by atoms with E-state index in [4.69, 9.17) is 23.7 Å². The van der Waals surface area contributed by atoms with Gasteiger partial charge < -0.3 is 28.8 Å². The van der Waals surface area contributed by atoms with Crippen LogP contribution in [0.1, 0.15) is 27.1 Å². The second-order valence-electron chi connectivity index (χ2n) is 5.63. The first-order valence-corrected chi connectivity index (χ1v) is 8.22. The average Bonchev–Trinajstić information content (AvgIpc) is 2.71. The van der Waals surface area contributed by atoms with Crippen LogP contribution in [0.3, 0.4) is 0 Å². The van der Waals surface area contributed by atoms with Gasteiger partial charge in [-0.15, -0.1) is 0 Å². The van der Waals surface area contributed by atoms with Crippen molar-refractivity contribution in [3.05, 3.63) is 35.4 Å². The monoisotopic (exact) mass is 390 g/mol. The van der Waals surface area contributed by atoms with Gasteiger partial charge in [0, 0.05) is 5.56 Å². The van der Waals surface area contributed by atoms with Gasteiger partial charge in [0.05, 0.1) is 47.5 Å². The first-order chi connectivity index (χ1) is 13.4. The number of Topliss-reactive ketones (excluding diaryl/α,β-unsaturated/α-hetero) is 2. The number of rotatable bonds is 9. The van der Waals surface area contributed by atoms with Crippen molar-refractivity contribution in [2.75, 3.05) is 35.5 Å². The molecule has 0 aliphatic rings. The number of phenolic OH excluding ortho intramolecular Hbond substituents is 1. The standard InChI is InChI=1S/C20H22O8/c1-24-15-7-6-12(18(23)20(15)28-5)14(22)10-13(21)11-8-16(25-2)19(27-4)17(9-11)26-3/h6-9,23H,10H2,1-5H3. The molecule has 0 unspecified atom stereocenters. The third-order valence-electron chi connectivity index (χ3n) is 4.13. The summed E-state index contributed by atoms with van der Waals surface area (Å²) in [5, 5.41) is 10.3. The van der Waals surface area contributed by atoms with Gasteiger partial charge in [-0.05, 0) is 24.3 Å². The van der Waals surface area contributed by atoms with Crippen molar-refractivity contribution in [1.29, 1.82) is 0 Å². The summed E-state index contributed by atoms with van der Waals surface area (Å²) >= 11 is 0. The van der Waals surface area contributed by atoms with Gasteiger partial charge in [-0.3, -0.25) is 9.59 Å². The van der Waals surface area contributed by atoms with Crippen molar-refractivity contribution >= 4 is 11.6 Å². The number of ketones is 2. The van der Waals surface area contributed by atoms with Gasteiger partial charge in [0.15, 0.2) is 34.6 Å². The largest absolute Gasteiger partial charge is 0.504 e. The molecule has 0 spiro atoms. The predicted molar refractivity (Wildman–Crippen MR) is 101 cm³/mol. The van der Waals surface area contributed by atoms with Crippen molar-refractivity contribution in [2.24, 2.45) is 0 Å². The Bertz CT molecular complexity index is 863. The van der Waals surface area contributed by atoms with Crippen LogP contribution in [0.4, 0.5) is 0 Å². The van der Waals surface area contributed by atoms with Crippen molar-refractivity contribution in [3.8, 4) is 34.5 Å². The Balaban J connectivity index is 2.34. The lowest BCUT2D eigenvalue weighted by atomic mass is 9.99. The molecule has 0 aliphatic heterocycles. The Hall–Kier alpha value is -3.42. The second-order valence-corrected chi connectivity index (χ2v) is 5.63. The van der Waals surface area contributed by atoms with Crippen LogP contribution in [-0.2, 0) is 0 Å². The quantitative estimate of drug-likeness (QED) is 0.515. The highest BCUT2D eigenvalue weighted by Gasteiger charge is 2.23. The molecule has 0 radical (unpaired) electrons. The van der Waals surface area contributed by atoms with Gasteiger partial charge in [-0.25, -0.2) is 0 Å². The van der Waals surface area contributed by atoms with Gasteiger partial charge in [0.25, 0.3) is 0 Å². The lowest BCUT2D eigenvalue weighted by molar-refractivity contribution is 0.0892. The summed E-state index contributed by atoms with van der Waals surface area (Å²) in [6.07, 6.45) is -0.471. The van der Waals surface area contributed by atoms with Crippen LogP contribution in [0.5, 0.6) is 34.5 Å². The number of ether oxygens (including phenoxy) is 5. The average molecular weight is 390 g/mol. The Morgan fingerprint density at radius 3 is 1.75 bits per heavy atom. The maximum absolute atomic E-state index is 12.6. The third-order valence-corrected chi connectivity index (χ3v) is 4.13. The molecule has 2 rings (SSSR count). The van der Waals surface area contributed by atoms with Crippen molar-refractivity contribution < 1.29 is 38.4 Å². The number of phenols is 1. The van der Waals surface area contributed by atoms with Crippen LogP contribution in [0.25, 0.3) is 0 Å². The predicted octanol–water partition coefficient (Wildman–Crippen LogP) is 2.89. The Morgan fingerprint density at radius 1 is 0.750 bits per heavy atom. The van der Waals surface area contributed by atoms with E-state index in [-0.39, 0.29) is 28.4 Å².